The first kappa shape index (κ1) is 22.2. The third kappa shape index (κ3) is 3.84. The van der Waals surface area contributed by atoms with Gasteiger partial charge in [0.1, 0.15) is 17.0 Å². The van der Waals surface area contributed by atoms with Crippen LogP contribution in [0.15, 0.2) is 78.9 Å². The molecule has 1 heterocycles. The first-order valence-electron chi connectivity index (χ1n) is 11.5. The lowest BCUT2D eigenvalue weighted by Crippen LogP contribution is -2.52. The Kier molecular flexibility index (Phi) is 5.62. The normalized spacial score (nSPS) is 22.6. The molecule has 6 heteroatoms. The fraction of sp³-hybridized carbons (Fsp3) is 0.286. The summed E-state index contributed by atoms with van der Waals surface area (Å²) >= 11 is 0. The Balaban J connectivity index is 1.47. The maximum Gasteiger partial charge on any atom is 0.324 e. The van der Waals surface area contributed by atoms with Crippen LogP contribution in [0.4, 0.5) is 0 Å². The van der Waals surface area contributed by atoms with E-state index in [1.54, 1.807) is 0 Å². The Labute approximate surface area is 198 Å². The highest BCUT2D eigenvalue weighted by Gasteiger charge is 2.66. The Hall–Kier alpha value is -3.64. The zero-order valence-corrected chi connectivity index (χ0v) is 18.6. The lowest BCUT2D eigenvalue weighted by molar-refractivity contribution is -0.145. The highest BCUT2D eigenvalue weighted by Crippen LogP contribution is 2.58. The van der Waals surface area contributed by atoms with E-state index in [-0.39, 0.29) is 18.3 Å². The van der Waals surface area contributed by atoms with Crippen LogP contribution >= 0.6 is 0 Å². The van der Waals surface area contributed by atoms with Crippen LogP contribution in [0, 0.1) is 17.8 Å². The molecule has 174 valence electrons. The van der Waals surface area contributed by atoms with Crippen molar-refractivity contribution < 1.29 is 24.5 Å². The van der Waals surface area contributed by atoms with E-state index in [1.165, 1.54) is 0 Å². The second-order valence-electron chi connectivity index (χ2n) is 9.36. The number of benzene rings is 3. The number of hydrogen-bond acceptors (Lipinski definition) is 4. The molecule has 1 aliphatic heterocycles. The van der Waals surface area contributed by atoms with E-state index in [1.807, 2.05) is 78.9 Å². The molecule has 0 amide bonds. The molecule has 0 radical (unpaired) electrons. The molecule has 4 atom stereocenters. The lowest BCUT2D eigenvalue weighted by atomic mass is 9.75. The smallest absolute Gasteiger partial charge is 0.324 e. The Morgan fingerprint density at radius 3 is 1.97 bits per heavy atom. The van der Waals surface area contributed by atoms with Gasteiger partial charge < -0.3 is 20.7 Å². The summed E-state index contributed by atoms with van der Waals surface area (Å²) in [5.41, 5.74) is 7.82. The number of hydrogen-bond donors (Lipinski definition) is 3. The number of para-hydroxylation sites is 2. The summed E-state index contributed by atoms with van der Waals surface area (Å²) in [6.45, 7) is 0. The van der Waals surface area contributed by atoms with Crippen LogP contribution in [0.1, 0.15) is 35.4 Å². The summed E-state index contributed by atoms with van der Waals surface area (Å²) in [6.07, 6.45) is 1.36. The number of ether oxygens (including phenoxy) is 1. The minimum atomic E-state index is -1.69. The van der Waals surface area contributed by atoms with Crippen molar-refractivity contribution in [2.75, 3.05) is 0 Å². The molecule has 34 heavy (non-hydrogen) atoms. The van der Waals surface area contributed by atoms with Crippen molar-refractivity contribution in [3.8, 4) is 11.5 Å². The average Bonchev–Trinajstić information content (AvgIpc) is 3.58. The molecule has 0 spiro atoms. The fourth-order valence-electron chi connectivity index (χ4n) is 5.68. The van der Waals surface area contributed by atoms with E-state index < -0.39 is 29.3 Å². The van der Waals surface area contributed by atoms with Gasteiger partial charge in [-0.05, 0) is 42.9 Å². The second kappa shape index (κ2) is 8.61. The molecule has 3 aromatic rings. The first-order chi connectivity index (χ1) is 16.4. The maximum absolute atomic E-state index is 12.6. The molecule has 3 aromatic carbocycles. The van der Waals surface area contributed by atoms with E-state index in [2.05, 4.69) is 0 Å². The highest BCUT2D eigenvalue weighted by molar-refractivity contribution is 5.84. The van der Waals surface area contributed by atoms with Crippen molar-refractivity contribution >= 4 is 11.9 Å². The van der Waals surface area contributed by atoms with Gasteiger partial charge >= 0.3 is 11.9 Å². The number of aliphatic carboxylic acids is 2. The van der Waals surface area contributed by atoms with Gasteiger partial charge in [0.15, 0.2) is 0 Å². The van der Waals surface area contributed by atoms with Gasteiger partial charge in [-0.25, -0.2) is 0 Å². The highest BCUT2D eigenvalue weighted by atomic mass is 16.5. The van der Waals surface area contributed by atoms with Crippen molar-refractivity contribution in [1.29, 1.82) is 0 Å². The van der Waals surface area contributed by atoms with Crippen LogP contribution in [0.5, 0.6) is 11.5 Å². The van der Waals surface area contributed by atoms with Crippen LogP contribution in [0.2, 0.25) is 0 Å². The van der Waals surface area contributed by atoms with E-state index in [9.17, 15) is 19.8 Å². The SMILES string of the molecule is NC(CC1c2ccccc2Oc2ccccc21)(C(=O)O)C1C(CCc2ccccc2)[C@@H]1C(=O)O. The van der Waals surface area contributed by atoms with E-state index in [4.69, 9.17) is 10.5 Å². The van der Waals surface area contributed by atoms with Crippen molar-refractivity contribution in [2.45, 2.75) is 30.7 Å². The molecule has 1 aliphatic carbocycles. The number of carboxylic acid groups (broad SMARTS) is 2. The number of rotatable bonds is 8. The zero-order valence-electron chi connectivity index (χ0n) is 18.6. The Morgan fingerprint density at radius 1 is 0.853 bits per heavy atom. The maximum atomic E-state index is 12.6. The van der Waals surface area contributed by atoms with Crippen LogP contribution in [0.25, 0.3) is 0 Å². The van der Waals surface area contributed by atoms with Gasteiger partial charge in [0, 0.05) is 23.0 Å². The topological polar surface area (TPSA) is 110 Å². The van der Waals surface area contributed by atoms with Gasteiger partial charge in [0.2, 0.25) is 0 Å². The number of fused-ring (bicyclic) bond motifs is 2. The summed E-state index contributed by atoms with van der Waals surface area (Å²) in [5, 5.41) is 20.2. The van der Waals surface area contributed by atoms with Gasteiger partial charge in [-0.15, -0.1) is 0 Å². The van der Waals surface area contributed by atoms with Crippen molar-refractivity contribution in [1.82, 2.24) is 0 Å². The van der Waals surface area contributed by atoms with Gasteiger partial charge in [-0.2, -0.15) is 0 Å². The summed E-state index contributed by atoms with van der Waals surface area (Å²) in [6, 6.07) is 24.9. The van der Waals surface area contributed by atoms with Crippen molar-refractivity contribution in [2.24, 2.45) is 23.5 Å². The molecule has 0 saturated heterocycles. The molecular weight excluding hydrogens is 430 g/mol. The van der Waals surface area contributed by atoms with Crippen molar-refractivity contribution in [3.05, 3.63) is 95.6 Å². The molecule has 2 aliphatic rings. The molecule has 1 saturated carbocycles. The first-order valence-corrected chi connectivity index (χ1v) is 11.5. The minimum absolute atomic E-state index is 0.0933. The third-order valence-electron chi connectivity index (χ3n) is 7.41. The van der Waals surface area contributed by atoms with Gasteiger partial charge in [-0.1, -0.05) is 66.7 Å². The second-order valence-corrected chi connectivity index (χ2v) is 9.36. The molecule has 1 fully saturated rings. The Bertz CT molecular complexity index is 1180. The quantitative estimate of drug-likeness (QED) is 0.453. The van der Waals surface area contributed by atoms with Crippen molar-refractivity contribution in [3.63, 3.8) is 0 Å². The van der Waals surface area contributed by atoms with Crippen LogP contribution in [-0.2, 0) is 16.0 Å². The summed E-state index contributed by atoms with van der Waals surface area (Å²) in [4.78, 5) is 24.7. The van der Waals surface area contributed by atoms with Gasteiger partial charge in [0.05, 0.1) is 5.92 Å². The largest absolute Gasteiger partial charge is 0.481 e. The van der Waals surface area contributed by atoms with Crippen LogP contribution in [-0.4, -0.2) is 27.7 Å². The molecule has 0 aromatic heterocycles. The molecule has 3 unspecified atom stereocenters. The minimum Gasteiger partial charge on any atom is -0.481 e. The van der Waals surface area contributed by atoms with E-state index >= 15 is 0 Å². The predicted molar refractivity (Wildman–Crippen MR) is 127 cm³/mol. The van der Waals surface area contributed by atoms with Crippen LogP contribution in [0.3, 0.4) is 0 Å². The molecule has 0 bridgehead atoms. The fourth-order valence-corrected chi connectivity index (χ4v) is 5.68. The zero-order chi connectivity index (χ0) is 23.9. The number of aryl methyl sites for hydroxylation is 1. The van der Waals surface area contributed by atoms with Crippen LogP contribution < -0.4 is 10.5 Å². The standard InChI is InChI=1S/C28H27NO5/c29-28(27(32)33,25-20(24(25)26(30)31)15-14-17-8-2-1-3-9-17)16-21-18-10-4-6-12-22(18)34-23-13-7-5-11-19(21)23/h1-13,20-21,24-25H,14-16,29H2,(H,30,31)(H,32,33)/t20?,24-,25?,28?/m0/s1. The summed E-state index contributed by atoms with van der Waals surface area (Å²) in [7, 11) is 0. The summed E-state index contributed by atoms with van der Waals surface area (Å²) in [5.74, 6) is -2.81. The average molecular weight is 458 g/mol. The third-order valence-corrected chi connectivity index (χ3v) is 7.41. The molecule has 5 rings (SSSR count). The predicted octanol–water partition coefficient (Wildman–Crippen LogP) is 4.68. The molecule has 6 nitrogen and oxygen atoms in total. The Morgan fingerprint density at radius 2 is 1.41 bits per heavy atom. The van der Waals surface area contributed by atoms with Gasteiger partial charge in [-0.3, -0.25) is 9.59 Å². The molecular formula is C28H27NO5. The molecule has 4 N–H and O–H groups in total. The summed E-state index contributed by atoms with van der Waals surface area (Å²) < 4.78 is 6.04. The number of nitrogens with two attached hydrogens (primary N) is 1. The van der Waals surface area contributed by atoms with E-state index in [0.29, 0.717) is 24.3 Å². The lowest BCUT2D eigenvalue weighted by Gasteiger charge is -2.34. The van der Waals surface area contributed by atoms with Gasteiger partial charge in [0.25, 0.3) is 0 Å². The number of carbonyl (C=O) groups is 2. The van der Waals surface area contributed by atoms with E-state index in [0.717, 1.165) is 16.7 Å². The number of carboxylic acids is 2. The monoisotopic (exact) mass is 457 g/mol.